The highest BCUT2D eigenvalue weighted by molar-refractivity contribution is 5.33. The molecule has 0 aliphatic heterocycles. The van der Waals surface area contributed by atoms with E-state index in [1.807, 2.05) is 12.1 Å². The number of aromatic amines is 1. The first-order valence-electron chi connectivity index (χ1n) is 6.61. The summed E-state index contributed by atoms with van der Waals surface area (Å²) in [5.74, 6) is 0.884. The topological polar surface area (TPSA) is 49.9 Å². The monoisotopic (exact) mass is 259 g/mol. The highest BCUT2D eigenvalue weighted by atomic mass is 16.5. The van der Waals surface area contributed by atoms with Gasteiger partial charge in [-0.1, -0.05) is 19.1 Å². The number of nitrogens with one attached hydrogen (secondary N) is 2. The van der Waals surface area contributed by atoms with Crippen molar-refractivity contribution in [3.05, 3.63) is 46.8 Å². The zero-order chi connectivity index (χ0) is 13.7. The van der Waals surface area contributed by atoms with Gasteiger partial charge in [0.05, 0.1) is 12.8 Å². The van der Waals surface area contributed by atoms with Crippen molar-refractivity contribution in [2.24, 2.45) is 0 Å². The van der Waals surface area contributed by atoms with Crippen LogP contribution in [0.3, 0.4) is 0 Å². The molecule has 0 spiro atoms. The zero-order valence-electron chi connectivity index (χ0n) is 11.8. The average molecular weight is 259 g/mol. The molecule has 0 aliphatic rings. The summed E-state index contributed by atoms with van der Waals surface area (Å²) in [4.78, 5) is 0. The van der Waals surface area contributed by atoms with Crippen LogP contribution in [0.5, 0.6) is 5.75 Å². The fourth-order valence-electron chi connectivity index (χ4n) is 2.07. The van der Waals surface area contributed by atoms with Crippen molar-refractivity contribution in [2.45, 2.75) is 26.8 Å². The first-order chi connectivity index (χ1) is 9.24. The first kappa shape index (κ1) is 13.6. The SMILES string of the molecule is CCNCc1c(Cc2ccc(OC)cc2)n[nH]c1C. The summed E-state index contributed by atoms with van der Waals surface area (Å²) in [6, 6.07) is 8.14. The lowest BCUT2D eigenvalue weighted by Gasteiger charge is -2.06. The van der Waals surface area contributed by atoms with Crippen LogP contribution in [0.4, 0.5) is 0 Å². The predicted molar refractivity (Wildman–Crippen MR) is 76.5 cm³/mol. The third kappa shape index (κ3) is 3.35. The second-order valence-corrected chi connectivity index (χ2v) is 4.58. The molecule has 0 atom stereocenters. The fourth-order valence-corrected chi connectivity index (χ4v) is 2.07. The minimum absolute atomic E-state index is 0.842. The Balaban J connectivity index is 2.13. The van der Waals surface area contributed by atoms with Gasteiger partial charge in [-0.2, -0.15) is 5.10 Å². The number of aromatic nitrogens is 2. The number of ether oxygens (including phenoxy) is 1. The standard InChI is InChI=1S/C15H21N3O/c1-4-16-10-14-11(2)17-18-15(14)9-12-5-7-13(19-3)8-6-12/h5-8,16H,4,9-10H2,1-3H3,(H,17,18). The molecule has 0 radical (unpaired) electrons. The summed E-state index contributed by atoms with van der Waals surface area (Å²) >= 11 is 0. The molecule has 0 bridgehead atoms. The molecule has 0 fully saturated rings. The summed E-state index contributed by atoms with van der Waals surface area (Å²) in [5, 5.41) is 10.8. The van der Waals surface area contributed by atoms with Crippen molar-refractivity contribution in [1.29, 1.82) is 0 Å². The molecule has 4 nitrogen and oxygen atoms in total. The normalized spacial score (nSPS) is 10.7. The smallest absolute Gasteiger partial charge is 0.118 e. The Hall–Kier alpha value is -1.81. The summed E-state index contributed by atoms with van der Waals surface area (Å²) in [5.41, 5.74) is 4.77. The van der Waals surface area contributed by atoms with E-state index in [9.17, 15) is 0 Å². The lowest BCUT2D eigenvalue weighted by Crippen LogP contribution is -2.13. The maximum atomic E-state index is 5.17. The summed E-state index contributed by atoms with van der Waals surface area (Å²) in [7, 11) is 1.68. The van der Waals surface area contributed by atoms with Gasteiger partial charge in [-0.25, -0.2) is 0 Å². The summed E-state index contributed by atoms with van der Waals surface area (Å²) in [6.07, 6.45) is 0.842. The minimum atomic E-state index is 0.842. The maximum absolute atomic E-state index is 5.17. The summed E-state index contributed by atoms with van der Waals surface area (Å²) in [6.45, 7) is 6.01. The van der Waals surface area contributed by atoms with Crippen LogP contribution < -0.4 is 10.1 Å². The van der Waals surface area contributed by atoms with Gasteiger partial charge in [0.2, 0.25) is 0 Å². The van der Waals surface area contributed by atoms with E-state index >= 15 is 0 Å². The molecule has 4 heteroatoms. The van der Waals surface area contributed by atoms with E-state index in [4.69, 9.17) is 4.74 Å². The van der Waals surface area contributed by atoms with Crippen molar-refractivity contribution in [3.8, 4) is 5.75 Å². The van der Waals surface area contributed by atoms with Gasteiger partial charge in [-0.3, -0.25) is 5.10 Å². The maximum Gasteiger partial charge on any atom is 0.118 e. The van der Waals surface area contributed by atoms with E-state index in [0.717, 1.165) is 36.6 Å². The average Bonchev–Trinajstić information content (AvgIpc) is 2.78. The lowest BCUT2D eigenvalue weighted by atomic mass is 10.1. The second-order valence-electron chi connectivity index (χ2n) is 4.58. The number of benzene rings is 1. The van der Waals surface area contributed by atoms with Gasteiger partial charge >= 0.3 is 0 Å². The Labute approximate surface area is 114 Å². The predicted octanol–water partition coefficient (Wildman–Crippen LogP) is 2.43. The molecule has 102 valence electrons. The zero-order valence-corrected chi connectivity index (χ0v) is 11.8. The van der Waals surface area contributed by atoms with E-state index in [0.29, 0.717) is 0 Å². The van der Waals surface area contributed by atoms with Crippen molar-refractivity contribution >= 4 is 0 Å². The van der Waals surface area contributed by atoms with Crippen LogP contribution >= 0.6 is 0 Å². The third-order valence-corrected chi connectivity index (χ3v) is 3.24. The number of methoxy groups -OCH3 is 1. The molecular formula is C15H21N3O. The van der Waals surface area contributed by atoms with Crippen molar-refractivity contribution in [3.63, 3.8) is 0 Å². The molecule has 0 unspecified atom stereocenters. The Kier molecular flexibility index (Phi) is 4.58. The number of hydrogen-bond acceptors (Lipinski definition) is 3. The number of hydrogen-bond donors (Lipinski definition) is 2. The molecule has 0 amide bonds. The lowest BCUT2D eigenvalue weighted by molar-refractivity contribution is 0.414. The van der Waals surface area contributed by atoms with Gasteiger partial charge in [0.15, 0.2) is 0 Å². The van der Waals surface area contributed by atoms with E-state index in [2.05, 4.69) is 41.5 Å². The minimum Gasteiger partial charge on any atom is -0.497 e. The van der Waals surface area contributed by atoms with Crippen LogP contribution in [0.25, 0.3) is 0 Å². The van der Waals surface area contributed by atoms with Gasteiger partial charge < -0.3 is 10.1 Å². The van der Waals surface area contributed by atoms with E-state index in [1.54, 1.807) is 7.11 Å². The Morgan fingerprint density at radius 1 is 1.26 bits per heavy atom. The number of aryl methyl sites for hydroxylation is 1. The second kappa shape index (κ2) is 6.38. The molecule has 1 aromatic heterocycles. The van der Waals surface area contributed by atoms with E-state index < -0.39 is 0 Å². The van der Waals surface area contributed by atoms with Crippen molar-refractivity contribution in [2.75, 3.05) is 13.7 Å². The molecule has 2 rings (SSSR count). The Bertz CT molecular complexity index is 517. The number of H-pyrrole nitrogens is 1. The number of nitrogens with zero attached hydrogens (tertiary/aromatic N) is 1. The van der Waals surface area contributed by atoms with E-state index in [1.165, 1.54) is 11.1 Å². The van der Waals surface area contributed by atoms with Gasteiger partial charge in [0, 0.05) is 24.2 Å². The molecule has 0 aliphatic carbocycles. The first-order valence-corrected chi connectivity index (χ1v) is 6.61. The molecule has 2 N–H and O–H groups in total. The van der Waals surface area contributed by atoms with Crippen LogP contribution in [0, 0.1) is 6.92 Å². The third-order valence-electron chi connectivity index (χ3n) is 3.24. The number of rotatable bonds is 6. The van der Waals surface area contributed by atoms with Crippen molar-refractivity contribution in [1.82, 2.24) is 15.5 Å². The molecule has 19 heavy (non-hydrogen) atoms. The highest BCUT2D eigenvalue weighted by Crippen LogP contribution is 2.17. The van der Waals surface area contributed by atoms with Crippen LogP contribution in [0.2, 0.25) is 0 Å². The molecule has 2 aromatic rings. The largest absolute Gasteiger partial charge is 0.497 e. The van der Waals surface area contributed by atoms with Gasteiger partial charge in [0.1, 0.15) is 5.75 Å². The van der Waals surface area contributed by atoms with Crippen LogP contribution in [-0.2, 0) is 13.0 Å². The quantitative estimate of drug-likeness (QED) is 0.837. The van der Waals surface area contributed by atoms with Gasteiger partial charge in [-0.15, -0.1) is 0 Å². The highest BCUT2D eigenvalue weighted by Gasteiger charge is 2.10. The van der Waals surface area contributed by atoms with Crippen LogP contribution in [0.15, 0.2) is 24.3 Å². The van der Waals surface area contributed by atoms with E-state index in [-0.39, 0.29) is 0 Å². The molecule has 1 aromatic carbocycles. The Morgan fingerprint density at radius 2 is 2.00 bits per heavy atom. The fraction of sp³-hybridized carbons (Fsp3) is 0.400. The molecular weight excluding hydrogens is 238 g/mol. The summed E-state index contributed by atoms with van der Waals surface area (Å²) < 4.78 is 5.17. The van der Waals surface area contributed by atoms with Gasteiger partial charge in [-0.05, 0) is 31.2 Å². The van der Waals surface area contributed by atoms with Crippen molar-refractivity contribution < 1.29 is 4.74 Å². The molecule has 0 saturated heterocycles. The van der Waals surface area contributed by atoms with Crippen LogP contribution in [0.1, 0.15) is 29.4 Å². The van der Waals surface area contributed by atoms with Crippen LogP contribution in [-0.4, -0.2) is 23.9 Å². The van der Waals surface area contributed by atoms with Gasteiger partial charge in [0.25, 0.3) is 0 Å². The molecule has 1 heterocycles. The molecule has 0 saturated carbocycles. The Morgan fingerprint density at radius 3 is 2.63 bits per heavy atom.